The van der Waals surface area contributed by atoms with E-state index in [4.69, 9.17) is 9.47 Å². The number of benzene rings is 1. The number of aliphatic hydroxyl groups is 1. The van der Waals surface area contributed by atoms with E-state index in [1.807, 2.05) is 18.2 Å². The molecule has 0 saturated carbocycles. The highest BCUT2D eigenvalue weighted by atomic mass is 16.5. The standard InChI is InChI=1S/C14H21NO3/c1-11(16)14-12(5-3-6-13(14)17-2)15-7-4-9-18-10-8-15/h3,5-6,11,16H,4,7-10H2,1-2H3/t11-/m0/s1. The fraction of sp³-hybridized carbons (Fsp3) is 0.571. The highest BCUT2D eigenvalue weighted by molar-refractivity contribution is 5.60. The second kappa shape index (κ2) is 6.07. The first kappa shape index (κ1) is 13.2. The summed E-state index contributed by atoms with van der Waals surface area (Å²) < 4.78 is 10.8. The number of rotatable bonds is 3. The molecular weight excluding hydrogens is 230 g/mol. The molecule has 1 aliphatic heterocycles. The van der Waals surface area contributed by atoms with Crippen molar-refractivity contribution in [3.8, 4) is 5.75 Å². The Balaban J connectivity index is 2.35. The van der Waals surface area contributed by atoms with Crippen molar-refractivity contribution in [2.45, 2.75) is 19.4 Å². The number of methoxy groups -OCH3 is 1. The third kappa shape index (κ3) is 2.76. The summed E-state index contributed by atoms with van der Waals surface area (Å²) in [5.41, 5.74) is 1.91. The lowest BCUT2D eigenvalue weighted by Gasteiger charge is -2.27. The van der Waals surface area contributed by atoms with Gasteiger partial charge in [-0.2, -0.15) is 0 Å². The Hall–Kier alpha value is -1.26. The molecule has 0 radical (unpaired) electrons. The van der Waals surface area contributed by atoms with Gasteiger partial charge in [0.2, 0.25) is 0 Å². The largest absolute Gasteiger partial charge is 0.496 e. The van der Waals surface area contributed by atoms with Crippen LogP contribution in [-0.2, 0) is 4.74 Å². The predicted molar refractivity (Wildman–Crippen MR) is 71.3 cm³/mol. The minimum Gasteiger partial charge on any atom is -0.496 e. The number of aliphatic hydroxyl groups excluding tert-OH is 1. The summed E-state index contributed by atoms with van der Waals surface area (Å²) in [6.07, 6.45) is 0.469. The summed E-state index contributed by atoms with van der Waals surface area (Å²) in [5.74, 6) is 0.743. The first-order valence-corrected chi connectivity index (χ1v) is 6.41. The van der Waals surface area contributed by atoms with E-state index in [2.05, 4.69) is 4.90 Å². The van der Waals surface area contributed by atoms with Gasteiger partial charge in [-0.15, -0.1) is 0 Å². The van der Waals surface area contributed by atoms with Gasteiger partial charge in [0.25, 0.3) is 0 Å². The maximum Gasteiger partial charge on any atom is 0.126 e. The zero-order valence-corrected chi connectivity index (χ0v) is 11.1. The van der Waals surface area contributed by atoms with E-state index in [0.29, 0.717) is 0 Å². The van der Waals surface area contributed by atoms with Crippen molar-refractivity contribution in [1.29, 1.82) is 0 Å². The molecule has 1 heterocycles. The zero-order chi connectivity index (χ0) is 13.0. The highest BCUT2D eigenvalue weighted by Crippen LogP contribution is 2.34. The lowest BCUT2D eigenvalue weighted by Crippen LogP contribution is -2.27. The van der Waals surface area contributed by atoms with Gasteiger partial charge < -0.3 is 19.5 Å². The zero-order valence-electron chi connectivity index (χ0n) is 11.1. The van der Waals surface area contributed by atoms with Gasteiger partial charge in [-0.05, 0) is 25.5 Å². The Kier molecular flexibility index (Phi) is 4.44. The molecular formula is C14H21NO3. The van der Waals surface area contributed by atoms with E-state index in [1.54, 1.807) is 14.0 Å². The maximum absolute atomic E-state index is 9.98. The van der Waals surface area contributed by atoms with Crippen molar-refractivity contribution in [3.05, 3.63) is 23.8 Å². The molecule has 100 valence electrons. The minimum atomic E-state index is -0.541. The molecule has 4 nitrogen and oxygen atoms in total. The molecule has 0 amide bonds. The predicted octanol–water partition coefficient (Wildman–Crippen LogP) is 1.98. The Morgan fingerprint density at radius 2 is 2.17 bits per heavy atom. The van der Waals surface area contributed by atoms with Crippen LogP contribution in [0.1, 0.15) is 25.0 Å². The molecule has 1 aliphatic rings. The molecule has 1 saturated heterocycles. The van der Waals surface area contributed by atoms with Gasteiger partial charge in [0, 0.05) is 30.9 Å². The van der Waals surface area contributed by atoms with Gasteiger partial charge in [-0.1, -0.05) is 6.07 Å². The molecule has 1 N–H and O–H groups in total. The van der Waals surface area contributed by atoms with Gasteiger partial charge in [0.1, 0.15) is 5.75 Å². The second-order valence-electron chi connectivity index (χ2n) is 4.52. The second-order valence-corrected chi connectivity index (χ2v) is 4.52. The Labute approximate surface area is 108 Å². The van der Waals surface area contributed by atoms with Crippen LogP contribution in [0.5, 0.6) is 5.75 Å². The number of ether oxygens (including phenoxy) is 2. The first-order valence-electron chi connectivity index (χ1n) is 6.41. The molecule has 1 aromatic carbocycles. The van der Waals surface area contributed by atoms with Crippen molar-refractivity contribution < 1.29 is 14.6 Å². The number of hydrogen-bond acceptors (Lipinski definition) is 4. The fourth-order valence-corrected chi connectivity index (χ4v) is 2.39. The van der Waals surface area contributed by atoms with Crippen LogP contribution in [0.25, 0.3) is 0 Å². The lowest BCUT2D eigenvalue weighted by atomic mass is 10.1. The van der Waals surface area contributed by atoms with Gasteiger partial charge in [0.05, 0.1) is 19.8 Å². The van der Waals surface area contributed by atoms with Crippen LogP contribution in [0, 0.1) is 0 Å². The van der Waals surface area contributed by atoms with Crippen molar-refractivity contribution in [2.24, 2.45) is 0 Å². The first-order chi connectivity index (χ1) is 8.74. The normalized spacial score (nSPS) is 18.3. The smallest absolute Gasteiger partial charge is 0.126 e. The van der Waals surface area contributed by atoms with Crippen LogP contribution in [0.15, 0.2) is 18.2 Å². The van der Waals surface area contributed by atoms with Gasteiger partial charge in [0.15, 0.2) is 0 Å². The molecule has 1 aromatic rings. The van der Waals surface area contributed by atoms with Crippen LogP contribution in [0.3, 0.4) is 0 Å². The molecule has 0 aliphatic carbocycles. The Bertz CT molecular complexity index is 385. The van der Waals surface area contributed by atoms with Crippen molar-refractivity contribution in [3.63, 3.8) is 0 Å². The summed E-state index contributed by atoms with van der Waals surface area (Å²) >= 11 is 0. The average molecular weight is 251 g/mol. The van der Waals surface area contributed by atoms with Gasteiger partial charge in [-0.25, -0.2) is 0 Å². The van der Waals surface area contributed by atoms with Crippen molar-refractivity contribution in [2.75, 3.05) is 38.3 Å². The topological polar surface area (TPSA) is 41.9 Å². The number of hydrogen-bond donors (Lipinski definition) is 1. The molecule has 0 bridgehead atoms. The molecule has 0 aromatic heterocycles. The van der Waals surface area contributed by atoms with Crippen LogP contribution >= 0.6 is 0 Å². The molecule has 1 fully saturated rings. The summed E-state index contributed by atoms with van der Waals surface area (Å²) in [5, 5.41) is 9.98. The van der Waals surface area contributed by atoms with Crippen LogP contribution < -0.4 is 9.64 Å². The van der Waals surface area contributed by atoms with Crippen LogP contribution in [0.2, 0.25) is 0 Å². The lowest BCUT2D eigenvalue weighted by molar-refractivity contribution is 0.152. The van der Waals surface area contributed by atoms with E-state index in [9.17, 15) is 5.11 Å². The number of nitrogens with zero attached hydrogens (tertiary/aromatic N) is 1. The van der Waals surface area contributed by atoms with Gasteiger partial charge in [-0.3, -0.25) is 0 Å². The minimum absolute atomic E-state index is 0.541. The monoisotopic (exact) mass is 251 g/mol. The highest BCUT2D eigenvalue weighted by Gasteiger charge is 2.19. The maximum atomic E-state index is 9.98. The fourth-order valence-electron chi connectivity index (χ4n) is 2.39. The Morgan fingerprint density at radius 3 is 2.89 bits per heavy atom. The van der Waals surface area contributed by atoms with Crippen molar-refractivity contribution >= 4 is 5.69 Å². The molecule has 4 heteroatoms. The molecule has 0 unspecified atom stereocenters. The van der Waals surface area contributed by atoms with Gasteiger partial charge >= 0.3 is 0 Å². The van der Waals surface area contributed by atoms with E-state index in [0.717, 1.165) is 49.7 Å². The average Bonchev–Trinajstić information content (AvgIpc) is 2.66. The van der Waals surface area contributed by atoms with E-state index in [1.165, 1.54) is 0 Å². The van der Waals surface area contributed by atoms with Crippen LogP contribution in [0.4, 0.5) is 5.69 Å². The molecule has 2 rings (SSSR count). The molecule has 18 heavy (non-hydrogen) atoms. The third-order valence-corrected chi connectivity index (χ3v) is 3.24. The van der Waals surface area contributed by atoms with E-state index in [-0.39, 0.29) is 0 Å². The number of anilines is 1. The summed E-state index contributed by atoms with van der Waals surface area (Å²) in [6, 6.07) is 5.89. The summed E-state index contributed by atoms with van der Waals surface area (Å²) in [7, 11) is 1.64. The SMILES string of the molecule is COc1cccc(N2CCCOCC2)c1[C@H](C)O. The third-order valence-electron chi connectivity index (χ3n) is 3.24. The molecule has 0 spiro atoms. The van der Waals surface area contributed by atoms with Crippen molar-refractivity contribution in [1.82, 2.24) is 0 Å². The van der Waals surface area contributed by atoms with Crippen LogP contribution in [-0.4, -0.2) is 38.5 Å². The van der Waals surface area contributed by atoms with E-state index < -0.39 is 6.10 Å². The summed E-state index contributed by atoms with van der Waals surface area (Å²) in [6.45, 7) is 5.12. The Morgan fingerprint density at radius 1 is 1.33 bits per heavy atom. The summed E-state index contributed by atoms with van der Waals surface area (Å²) in [4.78, 5) is 2.26. The van der Waals surface area contributed by atoms with E-state index >= 15 is 0 Å². The quantitative estimate of drug-likeness (QED) is 0.892. The molecule has 1 atom stereocenters.